The van der Waals surface area contributed by atoms with E-state index in [1.54, 1.807) is 12.1 Å². The predicted octanol–water partition coefficient (Wildman–Crippen LogP) is 4.91. The molecule has 0 N–H and O–H groups in total. The molecule has 2 rings (SSSR count). The third-order valence-corrected chi connectivity index (χ3v) is 4.58. The molecule has 24 heavy (non-hydrogen) atoms. The van der Waals surface area contributed by atoms with Crippen LogP contribution in [0.4, 0.5) is 0 Å². The van der Waals surface area contributed by atoms with E-state index in [1.807, 2.05) is 31.4 Å². The van der Waals surface area contributed by atoms with Crippen LogP contribution in [-0.4, -0.2) is 19.5 Å². The van der Waals surface area contributed by atoms with Crippen molar-refractivity contribution in [3.05, 3.63) is 50.2 Å². The van der Waals surface area contributed by atoms with Gasteiger partial charge < -0.3 is 9.47 Å². The molecule has 0 radical (unpaired) electrons. The van der Waals surface area contributed by atoms with E-state index in [1.165, 1.54) is 24.5 Å². The quantitative estimate of drug-likeness (QED) is 0.417. The molecule has 0 bridgehead atoms. The highest BCUT2D eigenvalue weighted by Gasteiger charge is 2.17. The number of ketones is 1. The number of aryl methyl sites for hydroxylation is 1. The topological polar surface area (TPSA) is 59.3 Å². The SMILES string of the molecule is CCOc1cc(C=C(C#N)C(=O)c2sccc2C)cc(Cl)c1OC. The Morgan fingerprint density at radius 3 is 2.75 bits per heavy atom. The van der Waals surface area contributed by atoms with E-state index in [0.717, 1.165) is 5.56 Å². The van der Waals surface area contributed by atoms with Crippen LogP contribution in [0, 0.1) is 18.3 Å². The Morgan fingerprint density at radius 1 is 1.46 bits per heavy atom. The molecule has 0 atom stereocenters. The molecule has 0 unspecified atom stereocenters. The number of Topliss-reactive ketones (excluding diaryl/α,β-unsaturated/α-hetero) is 1. The van der Waals surface area contributed by atoms with E-state index >= 15 is 0 Å². The number of nitrogens with zero attached hydrogens (tertiary/aromatic N) is 1. The number of thiophene rings is 1. The van der Waals surface area contributed by atoms with Gasteiger partial charge in [-0.1, -0.05) is 11.6 Å². The van der Waals surface area contributed by atoms with Gasteiger partial charge in [0.25, 0.3) is 0 Å². The average Bonchev–Trinajstić information content (AvgIpc) is 2.98. The third-order valence-electron chi connectivity index (χ3n) is 3.28. The van der Waals surface area contributed by atoms with Gasteiger partial charge in [-0.15, -0.1) is 11.3 Å². The number of carbonyl (C=O) groups is 1. The number of allylic oxidation sites excluding steroid dienone is 1. The number of benzene rings is 1. The minimum Gasteiger partial charge on any atom is -0.491 e. The first-order valence-corrected chi connectivity index (χ1v) is 8.48. The Bertz CT molecular complexity index is 833. The lowest BCUT2D eigenvalue weighted by molar-refractivity contribution is 0.104. The Balaban J connectivity index is 2.46. The first-order valence-electron chi connectivity index (χ1n) is 7.22. The van der Waals surface area contributed by atoms with Gasteiger partial charge in [-0.05, 0) is 54.6 Å². The summed E-state index contributed by atoms with van der Waals surface area (Å²) in [4.78, 5) is 13.1. The summed E-state index contributed by atoms with van der Waals surface area (Å²) >= 11 is 7.52. The second-order valence-corrected chi connectivity index (χ2v) is 6.22. The van der Waals surface area contributed by atoms with Gasteiger partial charge in [-0.3, -0.25) is 4.79 Å². The lowest BCUT2D eigenvalue weighted by Crippen LogP contribution is -2.01. The van der Waals surface area contributed by atoms with Gasteiger partial charge in [-0.2, -0.15) is 5.26 Å². The summed E-state index contributed by atoms with van der Waals surface area (Å²) < 4.78 is 10.7. The van der Waals surface area contributed by atoms with E-state index < -0.39 is 0 Å². The molecule has 0 saturated carbocycles. The molecule has 0 spiro atoms. The first-order chi connectivity index (χ1) is 11.5. The fourth-order valence-electron chi connectivity index (χ4n) is 2.18. The van der Waals surface area contributed by atoms with Crippen molar-refractivity contribution in [1.82, 2.24) is 0 Å². The Hall–Kier alpha value is -2.29. The first kappa shape index (κ1) is 18.1. The molecule has 124 valence electrons. The minimum absolute atomic E-state index is 0.0456. The zero-order valence-electron chi connectivity index (χ0n) is 13.6. The molecule has 4 nitrogen and oxygen atoms in total. The molecule has 0 aliphatic rings. The van der Waals surface area contributed by atoms with Crippen molar-refractivity contribution in [2.75, 3.05) is 13.7 Å². The molecule has 1 aromatic carbocycles. The van der Waals surface area contributed by atoms with Gasteiger partial charge >= 0.3 is 0 Å². The van der Waals surface area contributed by atoms with Crippen LogP contribution in [0.25, 0.3) is 6.08 Å². The molecule has 0 fully saturated rings. The molecular formula is C18H16ClNO3S. The van der Waals surface area contributed by atoms with E-state index in [-0.39, 0.29) is 11.4 Å². The molecule has 6 heteroatoms. The monoisotopic (exact) mass is 361 g/mol. The highest BCUT2D eigenvalue weighted by Crippen LogP contribution is 2.37. The van der Waals surface area contributed by atoms with Crippen molar-refractivity contribution in [2.24, 2.45) is 0 Å². The number of methoxy groups -OCH3 is 1. The van der Waals surface area contributed by atoms with Crippen molar-refractivity contribution in [3.63, 3.8) is 0 Å². The van der Waals surface area contributed by atoms with Crippen LogP contribution in [0.3, 0.4) is 0 Å². The van der Waals surface area contributed by atoms with Crippen LogP contribution < -0.4 is 9.47 Å². The largest absolute Gasteiger partial charge is 0.491 e. The lowest BCUT2D eigenvalue weighted by Gasteiger charge is -2.12. The number of hydrogen-bond donors (Lipinski definition) is 0. The summed E-state index contributed by atoms with van der Waals surface area (Å²) in [5.41, 5.74) is 1.50. The van der Waals surface area contributed by atoms with Gasteiger partial charge in [0.15, 0.2) is 11.5 Å². The lowest BCUT2D eigenvalue weighted by atomic mass is 10.0. The van der Waals surface area contributed by atoms with Gasteiger partial charge in [-0.25, -0.2) is 0 Å². The molecule has 0 amide bonds. The summed E-state index contributed by atoms with van der Waals surface area (Å²) in [6, 6.07) is 7.15. The maximum Gasteiger partial charge on any atom is 0.213 e. The second-order valence-electron chi connectivity index (χ2n) is 4.90. The van der Waals surface area contributed by atoms with Crippen LogP contribution in [-0.2, 0) is 0 Å². The zero-order chi connectivity index (χ0) is 17.7. The molecule has 2 aromatic rings. The van der Waals surface area contributed by atoms with Gasteiger partial charge in [0, 0.05) is 0 Å². The van der Waals surface area contributed by atoms with Crippen LogP contribution in [0.15, 0.2) is 29.2 Å². The summed E-state index contributed by atoms with van der Waals surface area (Å²) in [6.07, 6.45) is 1.51. The fraction of sp³-hybridized carbons (Fsp3) is 0.222. The molecule has 0 saturated heterocycles. The van der Waals surface area contributed by atoms with E-state index in [2.05, 4.69) is 0 Å². The number of carbonyl (C=O) groups excluding carboxylic acids is 1. The smallest absolute Gasteiger partial charge is 0.213 e. The van der Waals surface area contributed by atoms with Crippen molar-refractivity contribution in [2.45, 2.75) is 13.8 Å². The van der Waals surface area contributed by atoms with Crippen molar-refractivity contribution in [1.29, 1.82) is 5.26 Å². The molecule has 0 aliphatic heterocycles. The molecule has 0 aliphatic carbocycles. The Labute approximate surface area is 149 Å². The number of ether oxygens (including phenoxy) is 2. The van der Waals surface area contributed by atoms with E-state index in [9.17, 15) is 10.1 Å². The maximum absolute atomic E-state index is 12.5. The van der Waals surface area contributed by atoms with Crippen LogP contribution in [0.1, 0.15) is 27.7 Å². The number of rotatable bonds is 6. The molecule has 1 heterocycles. The summed E-state index contributed by atoms with van der Waals surface area (Å²) in [5, 5.41) is 11.5. The highest BCUT2D eigenvalue weighted by molar-refractivity contribution is 7.12. The Kier molecular flexibility index (Phi) is 6.02. The summed E-state index contributed by atoms with van der Waals surface area (Å²) in [7, 11) is 1.50. The van der Waals surface area contributed by atoms with Crippen LogP contribution >= 0.6 is 22.9 Å². The summed E-state index contributed by atoms with van der Waals surface area (Å²) in [6.45, 7) is 4.13. The Morgan fingerprint density at radius 2 is 2.21 bits per heavy atom. The standard InChI is InChI=1S/C18H16ClNO3S/c1-4-23-15-9-12(8-14(19)17(15)22-3)7-13(10-20)16(21)18-11(2)5-6-24-18/h5-9H,4H2,1-3H3. The van der Waals surface area contributed by atoms with Crippen molar-refractivity contribution < 1.29 is 14.3 Å². The van der Waals surface area contributed by atoms with Crippen LogP contribution in [0.5, 0.6) is 11.5 Å². The zero-order valence-corrected chi connectivity index (χ0v) is 15.1. The maximum atomic E-state index is 12.5. The van der Waals surface area contributed by atoms with E-state index in [0.29, 0.717) is 33.6 Å². The van der Waals surface area contributed by atoms with Crippen molar-refractivity contribution in [3.8, 4) is 17.6 Å². The fourth-order valence-corrected chi connectivity index (χ4v) is 3.35. The molecular weight excluding hydrogens is 346 g/mol. The van der Waals surface area contributed by atoms with Gasteiger partial charge in [0.1, 0.15) is 11.6 Å². The number of halogens is 1. The van der Waals surface area contributed by atoms with Crippen LogP contribution in [0.2, 0.25) is 5.02 Å². The average molecular weight is 362 g/mol. The van der Waals surface area contributed by atoms with Gasteiger partial charge in [0.05, 0.1) is 23.6 Å². The van der Waals surface area contributed by atoms with Crippen molar-refractivity contribution >= 4 is 34.8 Å². The predicted molar refractivity (Wildman–Crippen MR) is 96.1 cm³/mol. The normalized spacial score (nSPS) is 11.0. The highest BCUT2D eigenvalue weighted by atomic mass is 35.5. The number of hydrogen-bond acceptors (Lipinski definition) is 5. The third kappa shape index (κ3) is 3.78. The molecule has 1 aromatic heterocycles. The minimum atomic E-state index is -0.296. The second kappa shape index (κ2) is 8.00. The summed E-state index contributed by atoms with van der Waals surface area (Å²) in [5.74, 6) is 0.597. The number of nitriles is 1. The van der Waals surface area contributed by atoms with Gasteiger partial charge in [0.2, 0.25) is 5.78 Å². The van der Waals surface area contributed by atoms with E-state index in [4.69, 9.17) is 21.1 Å².